The molecule has 0 aliphatic carbocycles. The topological polar surface area (TPSA) is 0 Å². The third-order valence-electron chi connectivity index (χ3n) is 2.16. The molecule has 0 unspecified atom stereocenters. The molecule has 3 heteroatoms. The molecule has 72 valence electrons. The predicted molar refractivity (Wildman–Crippen MR) is 61.3 cm³/mol. The first-order valence-electron chi connectivity index (χ1n) is 4.13. The van der Waals surface area contributed by atoms with Crippen LogP contribution >= 0.6 is 22.6 Å². The van der Waals surface area contributed by atoms with Crippen LogP contribution < -0.4 is 0 Å². The molecule has 0 aliphatic heterocycles. The molecule has 0 aromatic heterocycles. The van der Waals surface area contributed by atoms with E-state index >= 15 is 0 Å². The number of hydrogen-bond acceptors (Lipinski definition) is 0. The van der Waals surface area contributed by atoms with Crippen LogP contribution in [0.15, 0.2) is 24.3 Å². The number of hydrogen-bond donors (Lipinski definition) is 0. The molecule has 0 aliphatic rings. The lowest BCUT2D eigenvalue weighted by Crippen LogP contribution is -1.91. The molecule has 0 N–H and O–H groups in total. The van der Waals surface area contributed by atoms with Gasteiger partial charge in [0.05, 0.1) is 0 Å². The van der Waals surface area contributed by atoms with Crippen LogP contribution in [-0.4, -0.2) is 0 Å². The van der Waals surface area contributed by atoms with Gasteiger partial charge in [-0.15, -0.1) is 0 Å². The Bertz CT molecular complexity index is 506. The van der Waals surface area contributed by atoms with Crippen LogP contribution in [0.25, 0.3) is 10.8 Å². The Hall–Kier alpha value is -0.710. The summed E-state index contributed by atoms with van der Waals surface area (Å²) in [5, 5.41) is 1.09. The summed E-state index contributed by atoms with van der Waals surface area (Å²) >= 11 is 2.08. The van der Waals surface area contributed by atoms with Gasteiger partial charge < -0.3 is 0 Å². The standard InChI is InChI=1S/C11H7F2I/c1-6-4-7-2-3-8(14)5-9(7)11(13)10(6)12/h2-5H,1H3. The summed E-state index contributed by atoms with van der Waals surface area (Å²) in [6, 6.07) is 6.98. The molecule has 2 aromatic rings. The molecule has 0 heterocycles. The second-order valence-electron chi connectivity index (χ2n) is 3.19. The molecule has 0 bridgehead atoms. The number of rotatable bonds is 0. The Morgan fingerprint density at radius 1 is 1.07 bits per heavy atom. The van der Waals surface area contributed by atoms with Gasteiger partial charge in [-0.3, -0.25) is 0 Å². The maximum atomic E-state index is 13.5. The number of fused-ring (bicyclic) bond motifs is 1. The van der Waals surface area contributed by atoms with Crippen LogP contribution in [-0.2, 0) is 0 Å². The van der Waals surface area contributed by atoms with Crippen LogP contribution in [0.5, 0.6) is 0 Å². The molecular weight excluding hydrogens is 297 g/mol. The molecule has 0 fully saturated rings. The van der Waals surface area contributed by atoms with Crippen molar-refractivity contribution in [1.29, 1.82) is 0 Å². The zero-order valence-electron chi connectivity index (χ0n) is 7.44. The maximum Gasteiger partial charge on any atom is 0.166 e. The van der Waals surface area contributed by atoms with E-state index in [4.69, 9.17) is 0 Å². The summed E-state index contributed by atoms with van der Waals surface area (Å²) in [5.74, 6) is -1.50. The minimum absolute atomic E-state index is 0.344. The van der Waals surface area contributed by atoms with Gasteiger partial charge in [0, 0.05) is 8.96 Å². The van der Waals surface area contributed by atoms with E-state index in [0.29, 0.717) is 10.9 Å². The summed E-state index contributed by atoms with van der Waals surface area (Å²) in [6.07, 6.45) is 0. The molecule has 0 radical (unpaired) electrons. The predicted octanol–water partition coefficient (Wildman–Crippen LogP) is 4.03. The fraction of sp³-hybridized carbons (Fsp3) is 0.0909. The molecular formula is C11H7F2I. The Balaban J connectivity index is 2.92. The van der Waals surface area contributed by atoms with Gasteiger partial charge >= 0.3 is 0 Å². The van der Waals surface area contributed by atoms with Crippen molar-refractivity contribution in [3.05, 3.63) is 45.0 Å². The Morgan fingerprint density at radius 2 is 1.79 bits per heavy atom. The first-order valence-corrected chi connectivity index (χ1v) is 5.21. The third kappa shape index (κ3) is 1.49. The van der Waals surface area contributed by atoms with Gasteiger partial charge in [0.25, 0.3) is 0 Å². The highest BCUT2D eigenvalue weighted by molar-refractivity contribution is 14.1. The van der Waals surface area contributed by atoms with Crippen LogP contribution in [0.3, 0.4) is 0 Å². The maximum absolute atomic E-state index is 13.5. The van der Waals surface area contributed by atoms with Crippen LogP contribution in [0.4, 0.5) is 8.78 Å². The van der Waals surface area contributed by atoms with Crippen LogP contribution in [0.2, 0.25) is 0 Å². The zero-order chi connectivity index (χ0) is 10.3. The van der Waals surface area contributed by atoms with E-state index in [1.807, 2.05) is 6.07 Å². The third-order valence-corrected chi connectivity index (χ3v) is 2.83. The van der Waals surface area contributed by atoms with Gasteiger partial charge in [-0.05, 0) is 58.7 Å². The summed E-state index contributed by atoms with van der Waals surface area (Å²) in [7, 11) is 0. The summed E-state index contributed by atoms with van der Waals surface area (Å²) < 4.78 is 27.6. The van der Waals surface area contributed by atoms with E-state index in [2.05, 4.69) is 22.6 Å². The van der Waals surface area contributed by atoms with E-state index in [1.165, 1.54) is 0 Å². The molecule has 0 saturated carbocycles. The molecule has 2 aromatic carbocycles. The molecule has 2 rings (SSSR count). The van der Waals surface area contributed by atoms with E-state index < -0.39 is 11.6 Å². The highest BCUT2D eigenvalue weighted by Crippen LogP contribution is 2.24. The lowest BCUT2D eigenvalue weighted by molar-refractivity contribution is 0.511. The number of benzene rings is 2. The summed E-state index contributed by atoms with van der Waals surface area (Å²) in [6.45, 7) is 1.57. The van der Waals surface area contributed by atoms with Crippen LogP contribution in [0.1, 0.15) is 5.56 Å². The van der Waals surface area contributed by atoms with Gasteiger partial charge in [0.2, 0.25) is 0 Å². The normalized spacial score (nSPS) is 10.9. The lowest BCUT2D eigenvalue weighted by atomic mass is 10.1. The highest BCUT2D eigenvalue weighted by atomic mass is 127. The smallest absolute Gasteiger partial charge is 0.166 e. The lowest BCUT2D eigenvalue weighted by Gasteiger charge is -2.04. The van der Waals surface area contributed by atoms with E-state index in [1.54, 1.807) is 25.1 Å². The molecule has 0 spiro atoms. The minimum atomic E-state index is -0.751. The van der Waals surface area contributed by atoms with Gasteiger partial charge in [0.15, 0.2) is 11.6 Å². The zero-order valence-corrected chi connectivity index (χ0v) is 9.60. The first kappa shape index (κ1) is 9.83. The fourth-order valence-electron chi connectivity index (χ4n) is 1.43. The van der Waals surface area contributed by atoms with Crippen molar-refractivity contribution in [3.8, 4) is 0 Å². The van der Waals surface area contributed by atoms with Crippen molar-refractivity contribution in [2.45, 2.75) is 6.92 Å². The monoisotopic (exact) mass is 304 g/mol. The number of halogens is 3. The van der Waals surface area contributed by atoms with Crippen molar-refractivity contribution < 1.29 is 8.78 Å². The van der Waals surface area contributed by atoms with Crippen molar-refractivity contribution in [3.63, 3.8) is 0 Å². The number of aryl methyl sites for hydroxylation is 1. The van der Waals surface area contributed by atoms with E-state index in [9.17, 15) is 8.78 Å². The van der Waals surface area contributed by atoms with Crippen molar-refractivity contribution in [2.75, 3.05) is 0 Å². The summed E-state index contributed by atoms with van der Waals surface area (Å²) in [4.78, 5) is 0. The Kier molecular flexibility index (Phi) is 2.43. The Labute approximate surface area is 94.1 Å². The highest BCUT2D eigenvalue weighted by Gasteiger charge is 2.10. The second-order valence-corrected chi connectivity index (χ2v) is 4.43. The van der Waals surface area contributed by atoms with Gasteiger partial charge in [-0.2, -0.15) is 0 Å². The molecule has 14 heavy (non-hydrogen) atoms. The van der Waals surface area contributed by atoms with Gasteiger partial charge in [0.1, 0.15) is 0 Å². The Morgan fingerprint density at radius 3 is 2.50 bits per heavy atom. The SMILES string of the molecule is Cc1cc2ccc(I)cc2c(F)c1F. The summed E-state index contributed by atoms with van der Waals surface area (Å²) in [5.41, 5.74) is 0.344. The van der Waals surface area contributed by atoms with Crippen molar-refractivity contribution in [2.24, 2.45) is 0 Å². The molecule has 0 nitrogen and oxygen atoms in total. The fourth-order valence-corrected chi connectivity index (χ4v) is 1.92. The quantitative estimate of drug-likeness (QED) is 0.645. The van der Waals surface area contributed by atoms with Crippen LogP contribution in [0, 0.1) is 22.1 Å². The first-order chi connectivity index (χ1) is 6.59. The molecule has 0 atom stereocenters. The molecule has 0 amide bonds. The molecule has 0 saturated heterocycles. The second kappa shape index (κ2) is 3.46. The minimum Gasteiger partial charge on any atom is -0.203 e. The average Bonchev–Trinajstić information content (AvgIpc) is 2.16. The van der Waals surface area contributed by atoms with Gasteiger partial charge in [-0.1, -0.05) is 6.07 Å². The van der Waals surface area contributed by atoms with E-state index in [-0.39, 0.29) is 0 Å². The van der Waals surface area contributed by atoms with Crippen molar-refractivity contribution in [1.82, 2.24) is 0 Å². The average molecular weight is 304 g/mol. The largest absolute Gasteiger partial charge is 0.203 e. The van der Waals surface area contributed by atoms with Gasteiger partial charge in [-0.25, -0.2) is 8.78 Å². The van der Waals surface area contributed by atoms with E-state index in [0.717, 1.165) is 8.96 Å². The van der Waals surface area contributed by atoms with Crippen molar-refractivity contribution >= 4 is 33.4 Å².